The number of rotatable bonds is 2. The molecule has 3 nitrogen and oxygen atoms in total. The summed E-state index contributed by atoms with van der Waals surface area (Å²) in [4.78, 5) is 11.1. The molecular formula is C9H10F2N2O. The van der Waals surface area contributed by atoms with E-state index >= 15 is 0 Å². The predicted molar refractivity (Wildman–Crippen MR) is 48.6 cm³/mol. The van der Waals surface area contributed by atoms with E-state index in [2.05, 4.69) is 5.32 Å². The third kappa shape index (κ3) is 2.50. The first-order valence-electron chi connectivity index (χ1n) is 4.02. The number of amides is 1. The highest BCUT2D eigenvalue weighted by Crippen LogP contribution is 2.14. The fraction of sp³-hybridized carbons (Fsp3) is 0.222. The van der Waals surface area contributed by atoms with Crippen LogP contribution in [-0.2, 0) is 4.79 Å². The molecule has 0 aromatic heterocycles. The van der Waals surface area contributed by atoms with Crippen LogP contribution in [0.4, 0.5) is 14.5 Å². The zero-order valence-electron chi connectivity index (χ0n) is 7.55. The maximum absolute atomic E-state index is 13.0. The monoisotopic (exact) mass is 200 g/mol. The number of hydrogen-bond acceptors (Lipinski definition) is 2. The van der Waals surface area contributed by atoms with Gasteiger partial charge in [-0.25, -0.2) is 8.78 Å². The number of carbonyl (C=O) groups excluding carboxylic acids is 1. The van der Waals surface area contributed by atoms with E-state index in [0.717, 1.165) is 12.1 Å². The van der Waals surface area contributed by atoms with E-state index in [1.54, 1.807) is 0 Å². The number of nitrogens with one attached hydrogen (secondary N) is 1. The van der Waals surface area contributed by atoms with E-state index in [1.165, 1.54) is 6.92 Å². The molecular weight excluding hydrogens is 190 g/mol. The topological polar surface area (TPSA) is 55.1 Å². The van der Waals surface area contributed by atoms with Crippen molar-refractivity contribution >= 4 is 11.6 Å². The van der Waals surface area contributed by atoms with Crippen molar-refractivity contribution in [2.24, 2.45) is 5.73 Å². The van der Waals surface area contributed by atoms with Crippen LogP contribution in [0, 0.1) is 11.6 Å². The number of anilines is 1. The summed E-state index contributed by atoms with van der Waals surface area (Å²) in [6.45, 7) is 1.47. The fourth-order valence-electron chi connectivity index (χ4n) is 0.837. The van der Waals surface area contributed by atoms with Crippen LogP contribution in [0.25, 0.3) is 0 Å². The first-order chi connectivity index (χ1) is 6.50. The maximum Gasteiger partial charge on any atom is 0.241 e. The van der Waals surface area contributed by atoms with Gasteiger partial charge in [-0.2, -0.15) is 0 Å². The summed E-state index contributed by atoms with van der Waals surface area (Å²) in [5.41, 5.74) is 5.18. The molecule has 76 valence electrons. The van der Waals surface area contributed by atoms with Crippen molar-refractivity contribution in [1.29, 1.82) is 0 Å². The molecule has 0 fully saturated rings. The average Bonchev–Trinajstić information content (AvgIpc) is 2.09. The average molecular weight is 200 g/mol. The van der Waals surface area contributed by atoms with Gasteiger partial charge in [-0.15, -0.1) is 0 Å². The quantitative estimate of drug-likeness (QED) is 0.754. The lowest BCUT2D eigenvalue weighted by Crippen LogP contribution is -2.32. The molecule has 0 aliphatic carbocycles. The summed E-state index contributed by atoms with van der Waals surface area (Å²) in [5, 5.41) is 2.23. The Balaban J connectivity index is 2.82. The van der Waals surface area contributed by atoms with Crippen LogP contribution in [0.2, 0.25) is 0 Å². The SMILES string of the molecule is C[C@@H](N)C(=O)Nc1ccc(F)cc1F. The summed E-state index contributed by atoms with van der Waals surface area (Å²) in [5.74, 6) is -2.03. The molecule has 0 heterocycles. The van der Waals surface area contributed by atoms with E-state index in [-0.39, 0.29) is 5.69 Å². The van der Waals surface area contributed by atoms with Crippen LogP contribution in [0.1, 0.15) is 6.92 Å². The molecule has 0 spiro atoms. The molecule has 0 aliphatic rings. The highest BCUT2D eigenvalue weighted by Gasteiger charge is 2.10. The van der Waals surface area contributed by atoms with E-state index in [4.69, 9.17) is 5.73 Å². The zero-order chi connectivity index (χ0) is 10.7. The van der Waals surface area contributed by atoms with Crippen LogP contribution in [-0.4, -0.2) is 11.9 Å². The minimum absolute atomic E-state index is 0.0753. The standard InChI is InChI=1S/C9H10F2N2O/c1-5(12)9(14)13-8-3-2-6(10)4-7(8)11/h2-5H,12H2,1H3,(H,13,14)/t5-/m1/s1. The molecule has 0 saturated carbocycles. The summed E-state index contributed by atoms with van der Waals surface area (Å²) in [6, 6.07) is 2.15. The number of nitrogens with two attached hydrogens (primary N) is 1. The molecule has 0 bridgehead atoms. The summed E-state index contributed by atoms with van der Waals surface area (Å²) in [7, 11) is 0. The van der Waals surface area contributed by atoms with Gasteiger partial charge in [0.25, 0.3) is 0 Å². The van der Waals surface area contributed by atoms with Gasteiger partial charge in [-0.1, -0.05) is 0 Å². The van der Waals surface area contributed by atoms with Crippen LogP contribution < -0.4 is 11.1 Å². The van der Waals surface area contributed by atoms with Gasteiger partial charge in [0.1, 0.15) is 11.6 Å². The van der Waals surface area contributed by atoms with Crippen LogP contribution in [0.5, 0.6) is 0 Å². The lowest BCUT2D eigenvalue weighted by Gasteiger charge is -2.08. The van der Waals surface area contributed by atoms with Crippen molar-refractivity contribution in [1.82, 2.24) is 0 Å². The molecule has 1 amide bonds. The Morgan fingerprint density at radius 2 is 2.14 bits per heavy atom. The van der Waals surface area contributed by atoms with Crippen molar-refractivity contribution in [2.75, 3.05) is 5.32 Å². The lowest BCUT2D eigenvalue weighted by molar-refractivity contribution is -0.117. The van der Waals surface area contributed by atoms with Gasteiger partial charge < -0.3 is 11.1 Å². The Hall–Kier alpha value is -1.49. The first kappa shape index (κ1) is 10.6. The molecule has 1 aromatic rings. The molecule has 0 unspecified atom stereocenters. The number of hydrogen-bond donors (Lipinski definition) is 2. The summed E-state index contributed by atoms with van der Waals surface area (Å²) < 4.78 is 25.4. The van der Waals surface area contributed by atoms with Crippen LogP contribution in [0.15, 0.2) is 18.2 Å². The van der Waals surface area contributed by atoms with Crippen molar-refractivity contribution < 1.29 is 13.6 Å². The molecule has 1 atom stereocenters. The van der Waals surface area contributed by atoms with Crippen LogP contribution >= 0.6 is 0 Å². The smallest absolute Gasteiger partial charge is 0.241 e. The van der Waals surface area contributed by atoms with Gasteiger partial charge >= 0.3 is 0 Å². The molecule has 14 heavy (non-hydrogen) atoms. The lowest BCUT2D eigenvalue weighted by atomic mass is 10.2. The molecule has 3 N–H and O–H groups in total. The molecule has 0 aliphatic heterocycles. The van der Waals surface area contributed by atoms with Gasteiger partial charge in [0.2, 0.25) is 5.91 Å². The van der Waals surface area contributed by atoms with Crippen molar-refractivity contribution in [2.45, 2.75) is 13.0 Å². The second-order valence-electron chi connectivity index (χ2n) is 2.90. The molecule has 1 rings (SSSR count). The molecule has 0 radical (unpaired) electrons. The summed E-state index contributed by atoms with van der Waals surface area (Å²) in [6.07, 6.45) is 0. The summed E-state index contributed by atoms with van der Waals surface area (Å²) >= 11 is 0. The zero-order valence-corrected chi connectivity index (χ0v) is 7.55. The van der Waals surface area contributed by atoms with Crippen molar-refractivity contribution in [3.8, 4) is 0 Å². The Kier molecular flexibility index (Phi) is 3.14. The van der Waals surface area contributed by atoms with Crippen molar-refractivity contribution in [3.63, 3.8) is 0 Å². The number of benzene rings is 1. The van der Waals surface area contributed by atoms with Gasteiger partial charge in [0.15, 0.2) is 0 Å². The molecule has 5 heteroatoms. The Morgan fingerprint density at radius 3 is 2.64 bits per heavy atom. The second kappa shape index (κ2) is 4.15. The first-order valence-corrected chi connectivity index (χ1v) is 4.02. The third-order valence-electron chi connectivity index (χ3n) is 1.60. The number of carbonyl (C=O) groups is 1. The molecule has 1 aromatic carbocycles. The fourth-order valence-corrected chi connectivity index (χ4v) is 0.837. The Labute approximate surface area is 79.9 Å². The normalized spacial score (nSPS) is 12.3. The largest absolute Gasteiger partial charge is 0.322 e. The van der Waals surface area contributed by atoms with Crippen LogP contribution in [0.3, 0.4) is 0 Å². The van der Waals surface area contributed by atoms with E-state index in [9.17, 15) is 13.6 Å². The van der Waals surface area contributed by atoms with E-state index in [1.807, 2.05) is 0 Å². The molecule has 0 saturated heterocycles. The minimum Gasteiger partial charge on any atom is -0.322 e. The second-order valence-corrected chi connectivity index (χ2v) is 2.90. The van der Waals surface area contributed by atoms with Gasteiger partial charge in [0, 0.05) is 6.07 Å². The van der Waals surface area contributed by atoms with E-state index < -0.39 is 23.6 Å². The van der Waals surface area contributed by atoms with E-state index in [0.29, 0.717) is 6.07 Å². The predicted octanol–water partition coefficient (Wildman–Crippen LogP) is 1.25. The van der Waals surface area contributed by atoms with Crippen molar-refractivity contribution in [3.05, 3.63) is 29.8 Å². The van der Waals surface area contributed by atoms with Gasteiger partial charge in [0.05, 0.1) is 11.7 Å². The highest BCUT2D eigenvalue weighted by atomic mass is 19.1. The number of halogens is 2. The Morgan fingerprint density at radius 1 is 1.50 bits per heavy atom. The van der Waals surface area contributed by atoms with Gasteiger partial charge in [-0.3, -0.25) is 4.79 Å². The highest BCUT2D eigenvalue weighted by molar-refractivity contribution is 5.94. The third-order valence-corrected chi connectivity index (χ3v) is 1.60. The van der Waals surface area contributed by atoms with Gasteiger partial charge in [-0.05, 0) is 19.1 Å². The maximum atomic E-state index is 13.0. The minimum atomic E-state index is -0.820. The Bertz CT molecular complexity index is 353.